The molecule has 1 aliphatic heterocycles. The van der Waals surface area contributed by atoms with Crippen LogP contribution in [0.3, 0.4) is 0 Å². The fraction of sp³-hybridized carbons (Fsp3) is 0.500. The summed E-state index contributed by atoms with van der Waals surface area (Å²) < 4.78 is 40.2. The van der Waals surface area contributed by atoms with Gasteiger partial charge in [0.1, 0.15) is 0 Å². The van der Waals surface area contributed by atoms with Crippen LogP contribution in [-0.4, -0.2) is 33.6 Å². The minimum atomic E-state index is -5.02. The number of halogens is 4. The third-order valence-corrected chi connectivity index (χ3v) is 4.16. The highest BCUT2D eigenvalue weighted by atomic mass is 35.5. The van der Waals surface area contributed by atoms with Gasteiger partial charge >= 0.3 is 6.18 Å². The van der Waals surface area contributed by atoms with E-state index < -0.39 is 24.2 Å². The quantitative estimate of drug-likeness (QED) is 0.878. The molecule has 0 aromatic heterocycles. The number of hydrogen-bond donors (Lipinski definition) is 1. The number of rotatable bonds is 3. The molecule has 24 heavy (non-hydrogen) atoms. The fourth-order valence-electron chi connectivity index (χ4n) is 2.54. The van der Waals surface area contributed by atoms with Gasteiger partial charge in [0.15, 0.2) is 0 Å². The topological polar surface area (TPSA) is 52.9 Å². The van der Waals surface area contributed by atoms with E-state index in [1.807, 2.05) is 13.8 Å². The maximum Gasteiger partial charge on any atom is 0.438 e. The summed E-state index contributed by atoms with van der Waals surface area (Å²) in [6, 6.07) is 4.10. The molecule has 1 N–H and O–H groups in total. The van der Waals surface area contributed by atoms with Gasteiger partial charge in [-0.2, -0.15) is 23.3 Å². The molecule has 1 atom stereocenters. The fourth-order valence-corrected chi connectivity index (χ4v) is 2.65. The number of carbonyl (C=O) groups is 1. The van der Waals surface area contributed by atoms with Crippen molar-refractivity contribution in [1.82, 2.24) is 5.01 Å². The van der Waals surface area contributed by atoms with Crippen LogP contribution in [0.5, 0.6) is 0 Å². The van der Waals surface area contributed by atoms with Crippen LogP contribution >= 0.6 is 11.6 Å². The highest BCUT2D eigenvalue weighted by Crippen LogP contribution is 2.41. The van der Waals surface area contributed by atoms with E-state index in [-0.39, 0.29) is 28.6 Å². The molecule has 1 amide bonds. The van der Waals surface area contributed by atoms with E-state index in [0.29, 0.717) is 10.6 Å². The van der Waals surface area contributed by atoms with Gasteiger partial charge in [0, 0.05) is 22.7 Å². The molecular formula is C16H18ClF3N2O2. The highest BCUT2D eigenvalue weighted by molar-refractivity contribution is 6.31. The number of benzene rings is 1. The molecule has 0 bridgehead atoms. The van der Waals surface area contributed by atoms with E-state index in [2.05, 4.69) is 5.10 Å². The van der Waals surface area contributed by atoms with Gasteiger partial charge in [-0.25, -0.2) is 0 Å². The van der Waals surface area contributed by atoms with Gasteiger partial charge in [0.2, 0.25) is 0 Å². The standard InChI is InChI=1S/C16H18ClF3N2O2/c1-9(2)6-12-8-15(24,16(18,19)20)22(21-12)14(23)11-4-5-13(17)10(3)7-11/h4-5,7,9,24H,6,8H2,1-3H3/t15-/m0/s1. The van der Waals surface area contributed by atoms with Gasteiger partial charge in [0.25, 0.3) is 11.6 Å². The molecule has 132 valence electrons. The van der Waals surface area contributed by atoms with Gasteiger partial charge < -0.3 is 5.11 Å². The second-order valence-electron chi connectivity index (χ2n) is 6.34. The lowest BCUT2D eigenvalue weighted by atomic mass is 9.99. The Morgan fingerprint density at radius 3 is 2.58 bits per heavy atom. The van der Waals surface area contributed by atoms with Crippen molar-refractivity contribution in [1.29, 1.82) is 0 Å². The summed E-state index contributed by atoms with van der Waals surface area (Å²) >= 11 is 5.87. The predicted octanol–water partition coefficient (Wildman–Crippen LogP) is 4.15. The van der Waals surface area contributed by atoms with Gasteiger partial charge in [-0.3, -0.25) is 4.79 Å². The molecular weight excluding hydrogens is 345 g/mol. The second-order valence-corrected chi connectivity index (χ2v) is 6.74. The average molecular weight is 363 g/mol. The van der Waals surface area contributed by atoms with Crippen molar-refractivity contribution < 1.29 is 23.1 Å². The van der Waals surface area contributed by atoms with Crippen LogP contribution in [0.15, 0.2) is 23.3 Å². The Kier molecular flexibility index (Phi) is 4.97. The molecule has 1 aromatic rings. The number of alkyl halides is 3. The van der Waals surface area contributed by atoms with Gasteiger partial charge in [0.05, 0.1) is 0 Å². The Labute approximate surface area is 142 Å². The van der Waals surface area contributed by atoms with E-state index in [0.717, 1.165) is 0 Å². The third kappa shape index (κ3) is 3.42. The smallest absolute Gasteiger partial charge is 0.362 e. The number of hydrogen-bond acceptors (Lipinski definition) is 3. The highest BCUT2D eigenvalue weighted by Gasteiger charge is 2.63. The maximum atomic E-state index is 13.4. The van der Waals surface area contributed by atoms with E-state index in [9.17, 15) is 23.1 Å². The molecule has 4 nitrogen and oxygen atoms in total. The zero-order chi connectivity index (χ0) is 18.3. The summed E-state index contributed by atoms with van der Waals surface area (Å²) in [6.07, 6.45) is -5.50. The van der Waals surface area contributed by atoms with Crippen molar-refractivity contribution in [2.45, 2.75) is 45.5 Å². The number of aryl methyl sites for hydroxylation is 1. The molecule has 0 radical (unpaired) electrons. The van der Waals surface area contributed by atoms with Crippen LogP contribution in [0.1, 0.15) is 42.6 Å². The van der Waals surface area contributed by atoms with E-state index in [1.54, 1.807) is 6.92 Å². The van der Waals surface area contributed by atoms with Crippen LogP contribution in [0, 0.1) is 12.8 Å². The van der Waals surface area contributed by atoms with Crippen molar-refractivity contribution in [3.8, 4) is 0 Å². The van der Waals surface area contributed by atoms with Crippen LogP contribution in [0.2, 0.25) is 5.02 Å². The molecule has 1 heterocycles. The zero-order valence-corrected chi connectivity index (χ0v) is 14.2. The summed E-state index contributed by atoms with van der Waals surface area (Å²) in [5.74, 6) is -0.970. The molecule has 2 rings (SSSR count). The molecule has 8 heteroatoms. The van der Waals surface area contributed by atoms with Crippen molar-refractivity contribution >= 4 is 23.2 Å². The number of amides is 1. The molecule has 0 unspecified atom stereocenters. The molecule has 1 aromatic carbocycles. The van der Waals surface area contributed by atoms with E-state index >= 15 is 0 Å². The first-order valence-electron chi connectivity index (χ1n) is 7.42. The third-order valence-electron chi connectivity index (χ3n) is 3.74. The van der Waals surface area contributed by atoms with Crippen molar-refractivity contribution in [2.24, 2.45) is 11.0 Å². The lowest BCUT2D eigenvalue weighted by Gasteiger charge is -2.32. The zero-order valence-electron chi connectivity index (χ0n) is 13.5. The molecule has 0 fully saturated rings. The Morgan fingerprint density at radius 2 is 2.08 bits per heavy atom. The van der Waals surface area contributed by atoms with Crippen LogP contribution in [0.4, 0.5) is 13.2 Å². The monoisotopic (exact) mass is 362 g/mol. The Morgan fingerprint density at radius 1 is 1.46 bits per heavy atom. The van der Waals surface area contributed by atoms with Crippen LogP contribution in [-0.2, 0) is 0 Å². The molecule has 1 aliphatic rings. The summed E-state index contributed by atoms with van der Waals surface area (Å²) in [6.45, 7) is 5.27. The largest absolute Gasteiger partial charge is 0.438 e. The second kappa shape index (κ2) is 6.37. The predicted molar refractivity (Wildman–Crippen MR) is 84.9 cm³/mol. The van der Waals surface area contributed by atoms with Crippen molar-refractivity contribution in [3.63, 3.8) is 0 Å². The summed E-state index contributed by atoms with van der Waals surface area (Å²) in [5, 5.41) is 14.5. The summed E-state index contributed by atoms with van der Waals surface area (Å²) in [4.78, 5) is 12.5. The first-order valence-corrected chi connectivity index (χ1v) is 7.79. The van der Waals surface area contributed by atoms with Crippen LogP contribution in [0.25, 0.3) is 0 Å². The number of carbonyl (C=O) groups excluding carboxylic acids is 1. The lowest BCUT2D eigenvalue weighted by Crippen LogP contribution is -2.56. The SMILES string of the molecule is Cc1cc(C(=O)N2N=C(CC(C)C)C[C@]2(O)C(F)(F)F)ccc1Cl. The Balaban J connectivity index is 2.43. The number of nitrogens with zero attached hydrogens (tertiary/aromatic N) is 2. The van der Waals surface area contributed by atoms with Gasteiger partial charge in [-0.05, 0) is 43.0 Å². The van der Waals surface area contributed by atoms with E-state index in [4.69, 9.17) is 11.6 Å². The minimum absolute atomic E-state index is 0.0193. The van der Waals surface area contributed by atoms with Gasteiger partial charge in [-0.15, -0.1) is 0 Å². The molecule has 0 saturated heterocycles. The van der Waals surface area contributed by atoms with E-state index in [1.165, 1.54) is 18.2 Å². The van der Waals surface area contributed by atoms with Crippen LogP contribution < -0.4 is 0 Å². The summed E-state index contributed by atoms with van der Waals surface area (Å²) in [5.41, 5.74) is -2.66. The average Bonchev–Trinajstić information content (AvgIpc) is 2.78. The molecule has 0 saturated carbocycles. The Bertz CT molecular complexity index is 688. The molecule has 0 aliphatic carbocycles. The van der Waals surface area contributed by atoms with Crippen molar-refractivity contribution in [2.75, 3.05) is 0 Å². The first-order chi connectivity index (χ1) is 11.0. The summed E-state index contributed by atoms with van der Waals surface area (Å²) in [7, 11) is 0. The first kappa shape index (κ1) is 18.7. The number of aliphatic hydroxyl groups is 1. The minimum Gasteiger partial charge on any atom is -0.362 e. The maximum absolute atomic E-state index is 13.4. The van der Waals surface area contributed by atoms with Crippen molar-refractivity contribution in [3.05, 3.63) is 34.3 Å². The molecule has 0 spiro atoms. The Hall–Kier alpha value is -1.60. The normalized spacial score (nSPS) is 21.4. The number of hydrazone groups is 1. The van der Waals surface area contributed by atoms with Gasteiger partial charge in [-0.1, -0.05) is 25.4 Å². The lowest BCUT2D eigenvalue weighted by molar-refractivity contribution is -0.297.